The first-order valence-corrected chi connectivity index (χ1v) is 9.23. The van der Waals surface area contributed by atoms with Crippen LogP contribution in [-0.2, 0) is 4.79 Å². The molecular weight excluding hydrogens is 357 g/mol. The Kier molecular flexibility index (Phi) is 7.60. The van der Waals surface area contributed by atoms with Crippen LogP contribution in [0, 0.1) is 0 Å². The van der Waals surface area contributed by atoms with Crippen LogP contribution in [0.1, 0.15) is 44.6 Å². The average molecular weight is 380 g/mol. The number of benzene rings is 2. The van der Waals surface area contributed by atoms with Crippen molar-refractivity contribution in [3.8, 4) is 5.75 Å². The molecule has 0 radical (unpaired) electrons. The zero-order chi connectivity index (χ0) is 18.2. The van der Waals surface area contributed by atoms with Gasteiger partial charge in [-0.2, -0.15) is 0 Å². The van der Waals surface area contributed by atoms with Crippen molar-refractivity contribution in [2.45, 2.75) is 39.0 Å². The van der Waals surface area contributed by atoms with Crippen LogP contribution in [0.15, 0.2) is 42.5 Å². The molecule has 3 nitrogen and oxygen atoms in total. The van der Waals surface area contributed by atoms with Crippen LogP contribution >= 0.6 is 23.2 Å². The molecule has 0 aliphatic heterocycles. The number of halogens is 2. The van der Waals surface area contributed by atoms with Crippen molar-refractivity contribution >= 4 is 34.8 Å². The lowest BCUT2D eigenvalue weighted by atomic mass is 9.99. The molecule has 0 heterocycles. The van der Waals surface area contributed by atoms with Gasteiger partial charge in [0, 0.05) is 17.1 Å². The van der Waals surface area contributed by atoms with E-state index in [9.17, 15) is 4.79 Å². The smallest absolute Gasteiger partial charge is 0.224 e. The zero-order valence-electron chi connectivity index (χ0n) is 14.5. The number of hydrogen-bond acceptors (Lipinski definition) is 2. The minimum absolute atomic E-state index is 0.0258. The second-order valence-electron chi connectivity index (χ2n) is 6.01. The van der Waals surface area contributed by atoms with Crippen LogP contribution < -0.4 is 10.1 Å². The van der Waals surface area contributed by atoms with Gasteiger partial charge in [-0.1, -0.05) is 49.2 Å². The van der Waals surface area contributed by atoms with Crippen molar-refractivity contribution in [1.29, 1.82) is 0 Å². The second kappa shape index (κ2) is 9.69. The van der Waals surface area contributed by atoms with E-state index in [0.29, 0.717) is 41.2 Å². The lowest BCUT2D eigenvalue weighted by Crippen LogP contribution is -2.12. The van der Waals surface area contributed by atoms with Gasteiger partial charge < -0.3 is 10.1 Å². The molecule has 0 bridgehead atoms. The first-order valence-electron chi connectivity index (χ1n) is 8.47. The van der Waals surface area contributed by atoms with Gasteiger partial charge in [0.05, 0.1) is 11.6 Å². The summed E-state index contributed by atoms with van der Waals surface area (Å²) in [6.45, 7) is 4.78. The molecule has 5 heteroatoms. The summed E-state index contributed by atoms with van der Waals surface area (Å²) in [7, 11) is 0. The molecule has 0 saturated carbocycles. The molecule has 0 spiro atoms. The highest BCUT2D eigenvalue weighted by atomic mass is 35.5. The Balaban J connectivity index is 1.73. The van der Waals surface area contributed by atoms with Crippen molar-refractivity contribution in [1.82, 2.24) is 0 Å². The van der Waals surface area contributed by atoms with E-state index in [2.05, 4.69) is 31.3 Å². The summed E-state index contributed by atoms with van der Waals surface area (Å²) in [5.74, 6) is 1.08. The molecule has 1 N–H and O–H groups in total. The topological polar surface area (TPSA) is 38.3 Å². The minimum atomic E-state index is -0.0258. The van der Waals surface area contributed by atoms with Crippen LogP contribution in [-0.4, -0.2) is 12.5 Å². The van der Waals surface area contributed by atoms with E-state index in [-0.39, 0.29) is 5.91 Å². The Bertz CT molecular complexity index is 701. The van der Waals surface area contributed by atoms with E-state index in [1.807, 2.05) is 12.1 Å². The summed E-state index contributed by atoms with van der Waals surface area (Å²) < 4.78 is 5.58. The second-order valence-corrected chi connectivity index (χ2v) is 6.85. The van der Waals surface area contributed by atoms with Crippen molar-refractivity contribution in [2.75, 3.05) is 11.9 Å². The number of carbonyl (C=O) groups is 1. The number of carbonyl (C=O) groups excluding carboxylic acids is 1. The van der Waals surface area contributed by atoms with Gasteiger partial charge in [-0.15, -0.1) is 0 Å². The molecule has 1 atom stereocenters. The molecule has 1 amide bonds. The van der Waals surface area contributed by atoms with Gasteiger partial charge in [0.1, 0.15) is 5.75 Å². The first-order chi connectivity index (χ1) is 12.0. The van der Waals surface area contributed by atoms with Crippen molar-refractivity contribution < 1.29 is 9.53 Å². The summed E-state index contributed by atoms with van der Waals surface area (Å²) in [5, 5.41) is 3.94. The van der Waals surface area contributed by atoms with E-state index in [4.69, 9.17) is 27.9 Å². The SMILES string of the molecule is CC[C@H](C)c1ccc(NC(=O)CCCOc2ccc(Cl)cc2Cl)cc1. The summed E-state index contributed by atoms with van der Waals surface area (Å²) in [4.78, 5) is 12.0. The van der Waals surface area contributed by atoms with E-state index < -0.39 is 0 Å². The van der Waals surface area contributed by atoms with Crippen LogP contribution in [0.5, 0.6) is 5.75 Å². The molecule has 2 rings (SSSR count). The van der Waals surface area contributed by atoms with Gasteiger partial charge in [-0.3, -0.25) is 4.79 Å². The highest BCUT2D eigenvalue weighted by Crippen LogP contribution is 2.27. The number of ether oxygens (including phenoxy) is 1. The van der Waals surface area contributed by atoms with Crippen LogP contribution in [0.3, 0.4) is 0 Å². The number of hydrogen-bond donors (Lipinski definition) is 1. The number of nitrogens with one attached hydrogen (secondary N) is 1. The minimum Gasteiger partial charge on any atom is -0.492 e. The zero-order valence-corrected chi connectivity index (χ0v) is 16.0. The molecule has 2 aromatic carbocycles. The predicted octanol–water partition coefficient (Wildman–Crippen LogP) is 6.30. The fraction of sp³-hybridized carbons (Fsp3) is 0.350. The van der Waals surface area contributed by atoms with E-state index >= 15 is 0 Å². The van der Waals surface area contributed by atoms with E-state index in [0.717, 1.165) is 12.1 Å². The Morgan fingerprint density at radius 2 is 1.88 bits per heavy atom. The van der Waals surface area contributed by atoms with Gasteiger partial charge >= 0.3 is 0 Å². The fourth-order valence-corrected chi connectivity index (χ4v) is 2.82. The third-order valence-corrected chi connectivity index (χ3v) is 4.61. The molecule has 0 unspecified atom stereocenters. The maximum absolute atomic E-state index is 12.0. The summed E-state index contributed by atoms with van der Waals surface area (Å²) in [6.07, 6.45) is 2.09. The molecule has 0 aliphatic rings. The fourth-order valence-electron chi connectivity index (χ4n) is 2.36. The van der Waals surface area contributed by atoms with Crippen LogP contribution in [0.2, 0.25) is 10.0 Å². The molecule has 2 aromatic rings. The lowest BCUT2D eigenvalue weighted by Gasteiger charge is -2.11. The Morgan fingerprint density at radius 1 is 1.16 bits per heavy atom. The number of amides is 1. The largest absolute Gasteiger partial charge is 0.492 e. The summed E-state index contributed by atoms with van der Waals surface area (Å²) in [6, 6.07) is 13.1. The normalized spacial score (nSPS) is 11.8. The quantitative estimate of drug-likeness (QED) is 0.546. The molecule has 0 aromatic heterocycles. The molecule has 0 saturated heterocycles. The monoisotopic (exact) mass is 379 g/mol. The van der Waals surface area contributed by atoms with Gasteiger partial charge in [-0.05, 0) is 54.7 Å². The third-order valence-electron chi connectivity index (χ3n) is 4.08. The number of anilines is 1. The Labute approximate surface area is 159 Å². The third kappa shape index (κ3) is 6.26. The number of rotatable bonds is 8. The van der Waals surface area contributed by atoms with E-state index in [1.165, 1.54) is 5.56 Å². The molecule has 0 fully saturated rings. The van der Waals surface area contributed by atoms with Gasteiger partial charge in [-0.25, -0.2) is 0 Å². The average Bonchev–Trinajstić information content (AvgIpc) is 2.60. The molecule has 0 aliphatic carbocycles. The Hall–Kier alpha value is -1.71. The molecule has 134 valence electrons. The maximum Gasteiger partial charge on any atom is 0.224 e. The predicted molar refractivity (Wildman–Crippen MR) is 105 cm³/mol. The van der Waals surface area contributed by atoms with Crippen molar-refractivity contribution in [2.24, 2.45) is 0 Å². The Morgan fingerprint density at radius 3 is 2.52 bits per heavy atom. The van der Waals surface area contributed by atoms with E-state index in [1.54, 1.807) is 18.2 Å². The standard InChI is InChI=1S/C20H23Cl2NO2/c1-3-14(2)15-6-9-17(10-7-15)23-20(24)5-4-12-25-19-11-8-16(21)13-18(19)22/h6-11,13-14H,3-5,12H2,1-2H3,(H,23,24)/t14-/m0/s1. The van der Waals surface area contributed by atoms with Crippen LogP contribution in [0.4, 0.5) is 5.69 Å². The van der Waals surface area contributed by atoms with Crippen molar-refractivity contribution in [3.05, 3.63) is 58.1 Å². The highest BCUT2D eigenvalue weighted by molar-refractivity contribution is 6.35. The lowest BCUT2D eigenvalue weighted by molar-refractivity contribution is -0.116. The summed E-state index contributed by atoms with van der Waals surface area (Å²) in [5.41, 5.74) is 2.10. The molecule has 25 heavy (non-hydrogen) atoms. The maximum atomic E-state index is 12.0. The van der Waals surface area contributed by atoms with Gasteiger partial charge in [0.25, 0.3) is 0 Å². The van der Waals surface area contributed by atoms with Crippen LogP contribution in [0.25, 0.3) is 0 Å². The molecular formula is C20H23Cl2NO2. The summed E-state index contributed by atoms with van der Waals surface area (Å²) >= 11 is 11.9. The highest BCUT2D eigenvalue weighted by Gasteiger charge is 2.06. The van der Waals surface area contributed by atoms with Gasteiger partial charge in [0.15, 0.2) is 0 Å². The first kappa shape index (κ1) is 19.6. The van der Waals surface area contributed by atoms with Gasteiger partial charge in [0.2, 0.25) is 5.91 Å². The van der Waals surface area contributed by atoms with Crippen molar-refractivity contribution in [3.63, 3.8) is 0 Å².